The minimum atomic E-state index is 0.0771. The number of nitrogens with two attached hydrogens (primary N) is 1. The number of hydrogen-bond donors (Lipinski definition) is 1. The molecule has 2 N–H and O–H groups in total. The summed E-state index contributed by atoms with van der Waals surface area (Å²) >= 11 is 11.9. The number of nitrogens with zero attached hydrogens (tertiary/aromatic N) is 1. The van der Waals surface area contributed by atoms with Crippen molar-refractivity contribution >= 4 is 23.2 Å². The molecule has 0 saturated heterocycles. The standard InChI is InChI=1S/C15H16Cl2N2O/c1-2-13(18)6-10-5-11(16)3-4-15(10)20-14-7-12(17)8-19-9-14/h3-5,7-9,13H,2,6,18H2,1H3. The average Bonchev–Trinajstić information content (AvgIpc) is 2.42. The summed E-state index contributed by atoms with van der Waals surface area (Å²) in [5.41, 5.74) is 6.99. The first kappa shape index (κ1) is 15.1. The van der Waals surface area contributed by atoms with E-state index >= 15 is 0 Å². The Kier molecular flexibility index (Phi) is 5.24. The predicted molar refractivity (Wildman–Crippen MR) is 82.7 cm³/mol. The van der Waals surface area contributed by atoms with Crippen LogP contribution < -0.4 is 10.5 Å². The maximum absolute atomic E-state index is 6.04. The molecule has 0 radical (unpaired) electrons. The van der Waals surface area contributed by atoms with Gasteiger partial charge in [-0.3, -0.25) is 4.98 Å². The lowest BCUT2D eigenvalue weighted by atomic mass is 10.0. The minimum Gasteiger partial charge on any atom is -0.455 e. The minimum absolute atomic E-state index is 0.0771. The van der Waals surface area contributed by atoms with E-state index in [1.54, 1.807) is 24.5 Å². The monoisotopic (exact) mass is 310 g/mol. The molecule has 1 atom stereocenters. The van der Waals surface area contributed by atoms with Gasteiger partial charge in [-0.1, -0.05) is 30.1 Å². The van der Waals surface area contributed by atoms with Crippen molar-refractivity contribution in [2.75, 3.05) is 0 Å². The smallest absolute Gasteiger partial charge is 0.147 e. The van der Waals surface area contributed by atoms with Crippen molar-refractivity contribution < 1.29 is 4.74 Å². The molecule has 0 aliphatic rings. The maximum atomic E-state index is 6.04. The topological polar surface area (TPSA) is 48.1 Å². The Labute approximate surface area is 128 Å². The van der Waals surface area contributed by atoms with Crippen LogP contribution in [0.2, 0.25) is 10.0 Å². The number of halogens is 2. The molecule has 0 saturated carbocycles. The van der Waals surface area contributed by atoms with Crippen LogP contribution in [0.25, 0.3) is 0 Å². The van der Waals surface area contributed by atoms with Crippen LogP contribution in [-0.2, 0) is 6.42 Å². The summed E-state index contributed by atoms with van der Waals surface area (Å²) in [7, 11) is 0. The van der Waals surface area contributed by atoms with Gasteiger partial charge in [0.25, 0.3) is 0 Å². The Bertz CT molecular complexity index is 590. The first-order chi connectivity index (χ1) is 9.58. The predicted octanol–water partition coefficient (Wildman–Crippen LogP) is 4.46. The molecule has 2 rings (SSSR count). The molecule has 1 heterocycles. The van der Waals surface area contributed by atoms with Crippen molar-refractivity contribution in [3.63, 3.8) is 0 Å². The van der Waals surface area contributed by atoms with E-state index in [1.807, 2.05) is 12.1 Å². The Morgan fingerprint density at radius 3 is 2.70 bits per heavy atom. The molecule has 106 valence electrons. The van der Waals surface area contributed by atoms with E-state index in [-0.39, 0.29) is 6.04 Å². The third-order valence-electron chi connectivity index (χ3n) is 2.94. The van der Waals surface area contributed by atoms with Crippen LogP contribution in [0.3, 0.4) is 0 Å². The number of benzene rings is 1. The summed E-state index contributed by atoms with van der Waals surface area (Å²) in [5.74, 6) is 1.31. The molecule has 0 aliphatic carbocycles. The first-order valence-corrected chi connectivity index (χ1v) is 7.16. The molecular weight excluding hydrogens is 295 g/mol. The molecule has 3 nitrogen and oxygen atoms in total. The van der Waals surface area contributed by atoms with Gasteiger partial charge in [0.2, 0.25) is 0 Å². The van der Waals surface area contributed by atoms with Gasteiger partial charge in [0.05, 0.1) is 11.2 Å². The van der Waals surface area contributed by atoms with Gasteiger partial charge >= 0.3 is 0 Å². The van der Waals surface area contributed by atoms with Crippen LogP contribution in [0, 0.1) is 0 Å². The van der Waals surface area contributed by atoms with Crippen molar-refractivity contribution in [1.82, 2.24) is 4.98 Å². The molecule has 20 heavy (non-hydrogen) atoms. The fraction of sp³-hybridized carbons (Fsp3) is 0.267. The van der Waals surface area contributed by atoms with Crippen molar-refractivity contribution in [3.8, 4) is 11.5 Å². The van der Waals surface area contributed by atoms with Gasteiger partial charge in [-0.25, -0.2) is 0 Å². The largest absolute Gasteiger partial charge is 0.455 e. The van der Waals surface area contributed by atoms with Gasteiger partial charge in [-0.15, -0.1) is 0 Å². The highest BCUT2D eigenvalue weighted by atomic mass is 35.5. The fourth-order valence-corrected chi connectivity index (χ4v) is 2.17. The summed E-state index contributed by atoms with van der Waals surface area (Å²) in [5, 5.41) is 1.20. The molecule has 0 bridgehead atoms. The van der Waals surface area contributed by atoms with Gasteiger partial charge in [0.15, 0.2) is 0 Å². The fourth-order valence-electron chi connectivity index (χ4n) is 1.81. The molecule has 1 aromatic carbocycles. The average molecular weight is 311 g/mol. The summed E-state index contributed by atoms with van der Waals surface area (Å²) in [4.78, 5) is 4.00. The summed E-state index contributed by atoms with van der Waals surface area (Å²) < 4.78 is 5.83. The Hall–Kier alpha value is -1.29. The summed E-state index contributed by atoms with van der Waals surface area (Å²) in [6.07, 6.45) is 4.78. The number of aromatic nitrogens is 1. The van der Waals surface area contributed by atoms with Crippen LogP contribution in [-0.4, -0.2) is 11.0 Å². The molecule has 1 unspecified atom stereocenters. The molecule has 0 aliphatic heterocycles. The maximum Gasteiger partial charge on any atom is 0.147 e. The van der Waals surface area contributed by atoms with E-state index in [0.717, 1.165) is 17.7 Å². The molecule has 0 fully saturated rings. The number of ether oxygens (including phenoxy) is 1. The summed E-state index contributed by atoms with van der Waals surface area (Å²) in [6.45, 7) is 2.05. The van der Waals surface area contributed by atoms with E-state index in [9.17, 15) is 0 Å². The lowest BCUT2D eigenvalue weighted by molar-refractivity contribution is 0.470. The Morgan fingerprint density at radius 2 is 2.00 bits per heavy atom. The highest BCUT2D eigenvalue weighted by Gasteiger charge is 2.10. The zero-order valence-electron chi connectivity index (χ0n) is 11.1. The zero-order valence-corrected chi connectivity index (χ0v) is 12.7. The second-order valence-corrected chi connectivity index (χ2v) is 5.44. The second-order valence-electron chi connectivity index (χ2n) is 4.57. The molecular formula is C15H16Cl2N2O. The van der Waals surface area contributed by atoms with Crippen molar-refractivity contribution in [1.29, 1.82) is 0 Å². The number of hydrogen-bond acceptors (Lipinski definition) is 3. The highest BCUT2D eigenvalue weighted by molar-refractivity contribution is 6.30. The van der Waals surface area contributed by atoms with Crippen molar-refractivity contribution in [2.45, 2.75) is 25.8 Å². The third kappa shape index (κ3) is 4.10. The second kappa shape index (κ2) is 6.93. The van der Waals surface area contributed by atoms with Crippen LogP contribution in [0.5, 0.6) is 11.5 Å². The lowest BCUT2D eigenvalue weighted by Crippen LogP contribution is -2.21. The van der Waals surface area contributed by atoms with Crippen LogP contribution in [0.4, 0.5) is 0 Å². The third-order valence-corrected chi connectivity index (χ3v) is 3.38. The SMILES string of the molecule is CCC(N)Cc1cc(Cl)ccc1Oc1cncc(Cl)c1. The van der Waals surface area contributed by atoms with Crippen LogP contribution in [0.1, 0.15) is 18.9 Å². The lowest BCUT2D eigenvalue weighted by Gasteiger charge is -2.14. The molecule has 0 spiro atoms. The molecule has 2 aromatic rings. The summed E-state index contributed by atoms with van der Waals surface area (Å²) in [6, 6.07) is 7.29. The molecule has 1 aromatic heterocycles. The van der Waals surface area contributed by atoms with E-state index in [1.165, 1.54) is 0 Å². The molecule has 0 amide bonds. The van der Waals surface area contributed by atoms with Gasteiger partial charge in [0.1, 0.15) is 11.5 Å². The quantitative estimate of drug-likeness (QED) is 0.887. The Balaban J connectivity index is 2.26. The van der Waals surface area contributed by atoms with Gasteiger partial charge in [0, 0.05) is 23.3 Å². The van der Waals surface area contributed by atoms with Crippen LogP contribution >= 0.6 is 23.2 Å². The van der Waals surface area contributed by atoms with Gasteiger partial charge in [-0.05, 0) is 36.6 Å². The van der Waals surface area contributed by atoms with Crippen molar-refractivity contribution in [3.05, 3.63) is 52.3 Å². The highest BCUT2D eigenvalue weighted by Crippen LogP contribution is 2.29. The van der Waals surface area contributed by atoms with E-state index in [4.69, 9.17) is 33.7 Å². The van der Waals surface area contributed by atoms with E-state index < -0.39 is 0 Å². The number of pyridine rings is 1. The number of rotatable bonds is 5. The zero-order chi connectivity index (χ0) is 14.5. The van der Waals surface area contributed by atoms with Crippen molar-refractivity contribution in [2.24, 2.45) is 5.73 Å². The molecule has 5 heteroatoms. The Morgan fingerprint density at radius 1 is 1.20 bits per heavy atom. The van der Waals surface area contributed by atoms with Crippen LogP contribution in [0.15, 0.2) is 36.7 Å². The normalized spacial score (nSPS) is 12.2. The van der Waals surface area contributed by atoms with E-state index in [2.05, 4.69) is 11.9 Å². The van der Waals surface area contributed by atoms with E-state index in [0.29, 0.717) is 22.2 Å². The first-order valence-electron chi connectivity index (χ1n) is 6.41. The van der Waals surface area contributed by atoms with Gasteiger partial charge < -0.3 is 10.5 Å². The van der Waals surface area contributed by atoms with Gasteiger partial charge in [-0.2, -0.15) is 0 Å².